The average molecular weight is 270 g/mol. The number of aliphatic hydroxyl groups excluding tert-OH is 1. The molecule has 100 valence electrons. The van der Waals surface area contributed by atoms with Gasteiger partial charge in [0.1, 0.15) is 0 Å². The molecule has 1 aromatic rings. The van der Waals surface area contributed by atoms with Crippen molar-refractivity contribution in [3.8, 4) is 0 Å². The van der Waals surface area contributed by atoms with Gasteiger partial charge in [0.15, 0.2) is 5.78 Å². The number of Topliss-reactive ketones (excluding diaryl/α,β-unsaturated/α-hetero) is 1. The molecule has 0 bridgehead atoms. The summed E-state index contributed by atoms with van der Waals surface area (Å²) in [6.45, 7) is 4.01. The molecule has 0 saturated heterocycles. The Hall–Kier alpha value is -0.800. The summed E-state index contributed by atoms with van der Waals surface area (Å²) in [5, 5.41) is 9.56. The second-order valence-electron chi connectivity index (χ2n) is 5.17. The van der Waals surface area contributed by atoms with Crippen molar-refractivity contribution < 1.29 is 9.90 Å². The van der Waals surface area contributed by atoms with E-state index in [1.54, 1.807) is 0 Å². The van der Waals surface area contributed by atoms with E-state index in [0.29, 0.717) is 6.04 Å². The summed E-state index contributed by atoms with van der Waals surface area (Å²) in [6.07, 6.45) is 3.50. The zero-order valence-electron chi connectivity index (χ0n) is 10.9. The number of aromatic nitrogens is 1. The Morgan fingerprint density at radius 3 is 2.56 bits per heavy atom. The molecule has 1 N–H and O–H groups in total. The van der Waals surface area contributed by atoms with Crippen LogP contribution in [0.5, 0.6) is 0 Å². The minimum absolute atomic E-state index is 0.00754. The molecule has 1 saturated carbocycles. The number of hydrogen-bond acceptors (Lipinski definition) is 2. The highest BCUT2D eigenvalue weighted by Gasteiger charge is 2.24. The quantitative estimate of drug-likeness (QED) is 0.677. The fourth-order valence-corrected chi connectivity index (χ4v) is 3.15. The number of aliphatic hydroxyl groups is 1. The summed E-state index contributed by atoms with van der Waals surface area (Å²) in [5.41, 5.74) is 2.87. The summed E-state index contributed by atoms with van der Waals surface area (Å²) >= 11 is 5.63. The molecule has 1 aromatic heterocycles. The van der Waals surface area contributed by atoms with E-state index in [2.05, 4.69) is 4.57 Å². The Kier molecular flexibility index (Phi) is 4.13. The molecule has 18 heavy (non-hydrogen) atoms. The van der Waals surface area contributed by atoms with Gasteiger partial charge in [-0.05, 0) is 45.6 Å². The maximum Gasteiger partial charge on any atom is 0.179 e. The molecule has 0 radical (unpaired) electrons. The Bertz CT molecular complexity index is 445. The lowest BCUT2D eigenvalue weighted by atomic mass is 9.92. The van der Waals surface area contributed by atoms with Crippen molar-refractivity contribution in [2.24, 2.45) is 0 Å². The van der Waals surface area contributed by atoms with Crippen LogP contribution in [-0.4, -0.2) is 27.4 Å². The maximum atomic E-state index is 11.7. The van der Waals surface area contributed by atoms with Crippen molar-refractivity contribution in [1.29, 1.82) is 0 Å². The van der Waals surface area contributed by atoms with Crippen molar-refractivity contribution in [3.05, 3.63) is 23.0 Å². The summed E-state index contributed by atoms with van der Waals surface area (Å²) in [6, 6.07) is 2.34. The lowest BCUT2D eigenvalue weighted by Crippen LogP contribution is -2.22. The number of carbonyl (C=O) groups is 1. The van der Waals surface area contributed by atoms with E-state index in [9.17, 15) is 9.90 Å². The molecule has 1 aliphatic rings. The number of nitrogens with zero attached hydrogens (tertiary/aromatic N) is 1. The fraction of sp³-hybridized carbons (Fsp3) is 0.643. The Morgan fingerprint density at radius 1 is 1.39 bits per heavy atom. The highest BCUT2D eigenvalue weighted by molar-refractivity contribution is 6.30. The molecular weight excluding hydrogens is 250 g/mol. The van der Waals surface area contributed by atoms with Crippen molar-refractivity contribution in [2.75, 3.05) is 5.88 Å². The van der Waals surface area contributed by atoms with Gasteiger partial charge < -0.3 is 9.67 Å². The van der Waals surface area contributed by atoms with E-state index in [0.717, 1.165) is 42.6 Å². The first-order chi connectivity index (χ1) is 8.54. The Morgan fingerprint density at radius 2 is 2.00 bits per heavy atom. The molecule has 0 aliphatic heterocycles. The summed E-state index contributed by atoms with van der Waals surface area (Å²) in [4.78, 5) is 11.7. The van der Waals surface area contributed by atoms with E-state index in [1.165, 1.54) is 0 Å². The van der Waals surface area contributed by atoms with Gasteiger partial charge >= 0.3 is 0 Å². The normalized spacial score (nSPS) is 24.2. The minimum atomic E-state index is -0.152. The van der Waals surface area contributed by atoms with E-state index in [-0.39, 0.29) is 17.8 Å². The number of ketones is 1. The molecule has 0 spiro atoms. The van der Waals surface area contributed by atoms with Crippen LogP contribution in [0.1, 0.15) is 53.5 Å². The summed E-state index contributed by atoms with van der Waals surface area (Å²) in [7, 11) is 0. The van der Waals surface area contributed by atoms with Crippen LogP contribution in [0, 0.1) is 13.8 Å². The molecular formula is C14H20ClNO2. The highest BCUT2D eigenvalue weighted by atomic mass is 35.5. The van der Waals surface area contributed by atoms with Gasteiger partial charge in [0, 0.05) is 23.0 Å². The molecule has 0 atom stereocenters. The molecule has 1 fully saturated rings. The van der Waals surface area contributed by atoms with Gasteiger partial charge in [0.2, 0.25) is 0 Å². The van der Waals surface area contributed by atoms with Crippen LogP contribution >= 0.6 is 11.6 Å². The monoisotopic (exact) mass is 269 g/mol. The molecule has 0 unspecified atom stereocenters. The molecule has 3 nitrogen and oxygen atoms in total. The van der Waals surface area contributed by atoms with E-state index >= 15 is 0 Å². The van der Waals surface area contributed by atoms with Gasteiger partial charge in [-0.3, -0.25) is 4.79 Å². The number of rotatable bonds is 3. The average Bonchev–Trinajstić information content (AvgIpc) is 2.65. The van der Waals surface area contributed by atoms with E-state index in [4.69, 9.17) is 11.6 Å². The SMILES string of the molecule is Cc1cc(C(=O)CCl)c(C)n1C1CCC(O)CC1. The Balaban J connectivity index is 2.28. The van der Waals surface area contributed by atoms with Crippen LogP contribution in [0.2, 0.25) is 0 Å². The standard InChI is InChI=1S/C14H20ClNO2/c1-9-7-13(14(18)8-15)10(2)16(9)11-3-5-12(17)6-4-11/h7,11-12,17H,3-6,8H2,1-2H3. The van der Waals surface area contributed by atoms with Crippen LogP contribution in [0.25, 0.3) is 0 Å². The molecule has 0 aromatic carbocycles. The van der Waals surface area contributed by atoms with Crippen molar-refractivity contribution in [1.82, 2.24) is 4.57 Å². The van der Waals surface area contributed by atoms with Crippen LogP contribution < -0.4 is 0 Å². The first-order valence-electron chi connectivity index (χ1n) is 6.50. The van der Waals surface area contributed by atoms with Gasteiger partial charge in [-0.15, -0.1) is 11.6 Å². The molecule has 0 amide bonds. The van der Waals surface area contributed by atoms with Crippen LogP contribution in [0.15, 0.2) is 6.07 Å². The largest absolute Gasteiger partial charge is 0.393 e. The van der Waals surface area contributed by atoms with Gasteiger partial charge in [0.05, 0.1) is 12.0 Å². The second-order valence-corrected chi connectivity index (χ2v) is 5.44. The van der Waals surface area contributed by atoms with Crippen LogP contribution in [0.3, 0.4) is 0 Å². The van der Waals surface area contributed by atoms with E-state index in [1.807, 2.05) is 19.9 Å². The molecule has 1 aliphatic carbocycles. The Labute approximate surface area is 113 Å². The number of hydrogen-bond donors (Lipinski definition) is 1. The first-order valence-corrected chi connectivity index (χ1v) is 7.03. The second kappa shape index (κ2) is 5.45. The number of alkyl halides is 1. The third kappa shape index (κ3) is 2.47. The smallest absolute Gasteiger partial charge is 0.179 e. The van der Waals surface area contributed by atoms with Gasteiger partial charge in [-0.2, -0.15) is 0 Å². The van der Waals surface area contributed by atoms with Gasteiger partial charge in [-0.1, -0.05) is 0 Å². The molecule has 4 heteroatoms. The first kappa shape index (κ1) is 13.6. The predicted molar refractivity (Wildman–Crippen MR) is 72.5 cm³/mol. The highest BCUT2D eigenvalue weighted by Crippen LogP contribution is 2.32. The number of halogens is 1. The molecule has 2 rings (SSSR count). The van der Waals surface area contributed by atoms with Gasteiger partial charge in [-0.25, -0.2) is 0 Å². The zero-order chi connectivity index (χ0) is 13.3. The molecule has 1 heterocycles. The topological polar surface area (TPSA) is 42.2 Å². The van der Waals surface area contributed by atoms with Crippen LogP contribution in [0.4, 0.5) is 0 Å². The summed E-state index contributed by atoms with van der Waals surface area (Å²) < 4.78 is 2.24. The minimum Gasteiger partial charge on any atom is -0.393 e. The number of carbonyl (C=O) groups excluding carboxylic acids is 1. The van der Waals surface area contributed by atoms with Crippen LogP contribution in [-0.2, 0) is 0 Å². The van der Waals surface area contributed by atoms with Crippen molar-refractivity contribution in [2.45, 2.75) is 51.7 Å². The third-order valence-corrected chi connectivity index (χ3v) is 4.18. The summed E-state index contributed by atoms with van der Waals surface area (Å²) in [5.74, 6) is 0.0279. The number of aryl methyl sites for hydroxylation is 1. The fourth-order valence-electron chi connectivity index (χ4n) is 3.01. The third-order valence-electron chi connectivity index (χ3n) is 3.94. The lowest BCUT2D eigenvalue weighted by molar-refractivity contribution is 0.101. The maximum absolute atomic E-state index is 11.7. The predicted octanol–water partition coefficient (Wildman–Crippen LogP) is 3.00. The zero-order valence-corrected chi connectivity index (χ0v) is 11.7. The van der Waals surface area contributed by atoms with Crippen molar-refractivity contribution in [3.63, 3.8) is 0 Å². The van der Waals surface area contributed by atoms with Crippen molar-refractivity contribution >= 4 is 17.4 Å². The van der Waals surface area contributed by atoms with Gasteiger partial charge in [0.25, 0.3) is 0 Å². The van der Waals surface area contributed by atoms with E-state index < -0.39 is 0 Å². The lowest BCUT2D eigenvalue weighted by Gasteiger charge is -2.29.